The van der Waals surface area contributed by atoms with Crippen LogP contribution >= 0.6 is 0 Å². The predicted octanol–water partition coefficient (Wildman–Crippen LogP) is 4.03. The van der Waals surface area contributed by atoms with Gasteiger partial charge in [0, 0.05) is 19.7 Å². The van der Waals surface area contributed by atoms with Crippen molar-refractivity contribution in [3.8, 4) is 0 Å². The van der Waals surface area contributed by atoms with Crippen molar-refractivity contribution in [2.45, 2.75) is 38.8 Å². The van der Waals surface area contributed by atoms with Crippen molar-refractivity contribution in [2.24, 2.45) is 0 Å². The summed E-state index contributed by atoms with van der Waals surface area (Å²) in [5.41, 5.74) is 1.18. The van der Waals surface area contributed by atoms with Crippen LogP contribution < -0.4 is 10.4 Å². The monoisotopic (exact) mass is 505 g/mol. The van der Waals surface area contributed by atoms with Crippen molar-refractivity contribution in [1.82, 2.24) is 4.90 Å². The number of benzene rings is 3. The highest BCUT2D eigenvalue weighted by atomic mass is 28.4. The number of carboxylic acid groups (broad SMARTS) is 2. The molecule has 3 aromatic rings. The number of aliphatic carboxylic acids is 1. The van der Waals surface area contributed by atoms with Crippen molar-refractivity contribution in [2.75, 3.05) is 19.7 Å². The molecule has 2 unspecified atom stereocenters. The molecular weight excluding hydrogens is 470 g/mol. The number of carboxylic acids is 2. The second kappa shape index (κ2) is 11.6. The second-order valence-corrected chi connectivity index (χ2v) is 14.3. The SMILES string of the molecule is CC(C)(C)[Si](OCCN1CC1C(=O)O)(c1ccccc1)c1ccccc1.Cc1ccccc1C(=O)O. The van der Waals surface area contributed by atoms with Gasteiger partial charge in [0.25, 0.3) is 8.32 Å². The van der Waals surface area contributed by atoms with Gasteiger partial charge >= 0.3 is 11.9 Å². The van der Waals surface area contributed by atoms with Gasteiger partial charge in [0.15, 0.2) is 0 Å². The first kappa shape index (κ1) is 27.3. The molecule has 2 atom stereocenters. The van der Waals surface area contributed by atoms with Crippen LogP contribution in [-0.2, 0) is 9.22 Å². The molecule has 1 heterocycles. The van der Waals surface area contributed by atoms with Gasteiger partial charge in [-0.1, -0.05) is 99.6 Å². The molecule has 3 aromatic carbocycles. The molecule has 6 nitrogen and oxygen atoms in total. The third-order valence-electron chi connectivity index (χ3n) is 6.49. The number of carbonyl (C=O) groups is 2. The molecule has 0 amide bonds. The lowest BCUT2D eigenvalue weighted by Crippen LogP contribution is -2.66. The van der Waals surface area contributed by atoms with Crippen LogP contribution in [0.1, 0.15) is 36.7 Å². The molecule has 1 aliphatic rings. The van der Waals surface area contributed by atoms with E-state index in [-0.39, 0.29) is 11.1 Å². The van der Waals surface area contributed by atoms with E-state index in [0.29, 0.717) is 25.3 Å². The number of aryl methyl sites for hydroxylation is 1. The second-order valence-electron chi connectivity index (χ2n) is 9.98. The summed E-state index contributed by atoms with van der Waals surface area (Å²) in [5, 5.41) is 20.1. The minimum Gasteiger partial charge on any atom is -0.480 e. The van der Waals surface area contributed by atoms with Gasteiger partial charge < -0.3 is 14.6 Å². The van der Waals surface area contributed by atoms with E-state index in [1.54, 1.807) is 25.1 Å². The molecule has 7 heteroatoms. The molecule has 0 aromatic heterocycles. The number of hydrogen-bond donors (Lipinski definition) is 2. The third kappa shape index (κ3) is 6.29. The number of nitrogens with zero attached hydrogens (tertiary/aromatic N) is 1. The lowest BCUT2D eigenvalue weighted by molar-refractivity contribution is -0.137. The summed E-state index contributed by atoms with van der Waals surface area (Å²) in [4.78, 5) is 23.4. The van der Waals surface area contributed by atoms with E-state index >= 15 is 0 Å². The Morgan fingerprint density at radius 2 is 1.39 bits per heavy atom. The van der Waals surface area contributed by atoms with Crippen molar-refractivity contribution in [3.05, 3.63) is 96.1 Å². The molecular formula is C29H35NO5Si. The first-order chi connectivity index (χ1) is 17.1. The van der Waals surface area contributed by atoms with Gasteiger partial charge in [-0.2, -0.15) is 0 Å². The van der Waals surface area contributed by atoms with Crippen LogP contribution in [0, 0.1) is 6.92 Å². The maximum atomic E-state index is 11.1. The van der Waals surface area contributed by atoms with Gasteiger partial charge in [0.05, 0.1) is 5.56 Å². The lowest BCUT2D eigenvalue weighted by Gasteiger charge is -2.43. The highest BCUT2D eigenvalue weighted by molar-refractivity contribution is 6.99. The Hall–Kier alpha value is -3.26. The van der Waals surface area contributed by atoms with Crippen LogP contribution in [0.4, 0.5) is 0 Å². The molecule has 1 saturated heterocycles. The van der Waals surface area contributed by atoms with Crippen LogP contribution in [0.3, 0.4) is 0 Å². The van der Waals surface area contributed by atoms with E-state index in [2.05, 4.69) is 69.3 Å². The fourth-order valence-electron chi connectivity index (χ4n) is 4.55. The molecule has 1 fully saturated rings. The summed E-state index contributed by atoms with van der Waals surface area (Å²) < 4.78 is 6.75. The Morgan fingerprint density at radius 3 is 1.78 bits per heavy atom. The maximum Gasteiger partial charge on any atom is 0.335 e. The molecule has 0 radical (unpaired) electrons. The predicted molar refractivity (Wildman–Crippen MR) is 145 cm³/mol. The summed E-state index contributed by atoms with van der Waals surface area (Å²) in [6.07, 6.45) is 0. The first-order valence-electron chi connectivity index (χ1n) is 12.1. The van der Waals surface area contributed by atoms with Crippen LogP contribution in [-0.4, -0.2) is 61.1 Å². The van der Waals surface area contributed by atoms with E-state index in [9.17, 15) is 9.59 Å². The Labute approximate surface area is 214 Å². The van der Waals surface area contributed by atoms with Crippen molar-refractivity contribution < 1.29 is 24.2 Å². The van der Waals surface area contributed by atoms with E-state index in [1.807, 2.05) is 23.1 Å². The standard InChI is InChI=1S/C21H27NO3Si.C8H8O2/c1-21(2,3)26(17-10-6-4-7-11-17,18-12-8-5-9-13-18)25-15-14-22-16-19(22)20(23)24;1-6-4-2-3-5-7(6)8(9)10/h4-13,19H,14-16H2,1-3H3,(H,23,24);2-5H,1H3,(H,9,10). The highest BCUT2D eigenvalue weighted by Gasteiger charge is 2.50. The van der Waals surface area contributed by atoms with Crippen LogP contribution in [0.25, 0.3) is 0 Å². The average Bonchev–Trinajstić information content (AvgIpc) is 3.63. The van der Waals surface area contributed by atoms with Crippen LogP contribution in [0.2, 0.25) is 5.04 Å². The zero-order valence-electron chi connectivity index (χ0n) is 21.3. The zero-order chi connectivity index (χ0) is 26.3. The van der Waals surface area contributed by atoms with Gasteiger partial charge in [0.1, 0.15) is 6.04 Å². The van der Waals surface area contributed by atoms with Gasteiger partial charge in [-0.15, -0.1) is 0 Å². The van der Waals surface area contributed by atoms with Gasteiger partial charge in [0.2, 0.25) is 0 Å². The lowest BCUT2D eigenvalue weighted by atomic mass is 10.1. The quantitative estimate of drug-likeness (QED) is 0.355. The number of rotatable bonds is 8. The van der Waals surface area contributed by atoms with Gasteiger partial charge in [-0.05, 0) is 34.0 Å². The van der Waals surface area contributed by atoms with Crippen molar-refractivity contribution in [3.63, 3.8) is 0 Å². The Bertz CT molecular complexity index is 1120. The Kier molecular flexibility index (Phi) is 8.84. The third-order valence-corrected chi connectivity index (χ3v) is 11.5. The zero-order valence-corrected chi connectivity index (χ0v) is 22.3. The molecule has 36 heavy (non-hydrogen) atoms. The minimum atomic E-state index is -2.51. The van der Waals surface area contributed by atoms with Crippen LogP contribution in [0.15, 0.2) is 84.9 Å². The van der Waals surface area contributed by atoms with E-state index < -0.39 is 20.3 Å². The number of aromatic carboxylic acids is 1. The van der Waals surface area contributed by atoms with Crippen molar-refractivity contribution >= 4 is 30.6 Å². The molecule has 0 bridgehead atoms. The van der Waals surface area contributed by atoms with Crippen LogP contribution in [0.5, 0.6) is 0 Å². The Morgan fingerprint density at radius 1 is 0.889 bits per heavy atom. The van der Waals surface area contributed by atoms with E-state index in [4.69, 9.17) is 14.6 Å². The summed E-state index contributed by atoms with van der Waals surface area (Å²) >= 11 is 0. The molecule has 0 saturated carbocycles. The topological polar surface area (TPSA) is 86.8 Å². The smallest absolute Gasteiger partial charge is 0.335 e. The van der Waals surface area contributed by atoms with Gasteiger partial charge in [-0.25, -0.2) is 4.79 Å². The van der Waals surface area contributed by atoms with E-state index in [1.165, 1.54) is 10.4 Å². The number of hydrogen-bond acceptors (Lipinski definition) is 4. The van der Waals surface area contributed by atoms with Gasteiger partial charge in [-0.3, -0.25) is 9.69 Å². The first-order valence-corrected chi connectivity index (χ1v) is 14.0. The summed E-state index contributed by atoms with van der Waals surface area (Å²) in [6.45, 7) is 10.3. The molecule has 0 aliphatic carbocycles. The highest BCUT2D eigenvalue weighted by Crippen LogP contribution is 2.36. The fourth-order valence-corrected chi connectivity index (χ4v) is 9.10. The largest absolute Gasteiger partial charge is 0.480 e. The maximum absolute atomic E-state index is 11.1. The summed E-state index contributed by atoms with van der Waals surface area (Å²) in [7, 11) is -2.51. The molecule has 1 aliphatic heterocycles. The summed E-state index contributed by atoms with van der Waals surface area (Å²) in [5.74, 6) is -1.60. The summed E-state index contributed by atoms with van der Waals surface area (Å²) in [6, 6.07) is 27.6. The Balaban J connectivity index is 0.000000303. The fraction of sp³-hybridized carbons (Fsp3) is 0.310. The van der Waals surface area contributed by atoms with E-state index in [0.717, 1.165) is 5.56 Å². The molecule has 4 rings (SSSR count). The molecule has 2 N–H and O–H groups in total. The minimum absolute atomic E-state index is 0.0548. The molecule has 190 valence electrons. The van der Waals surface area contributed by atoms with Crippen molar-refractivity contribution in [1.29, 1.82) is 0 Å². The molecule has 0 spiro atoms. The normalized spacial score (nSPS) is 17.0. The average molecular weight is 506 g/mol.